The molecule has 3 aromatic rings. The zero-order chi connectivity index (χ0) is 18.5. The van der Waals surface area contributed by atoms with E-state index in [1.165, 1.54) is 18.3 Å². The van der Waals surface area contributed by atoms with Crippen LogP contribution in [0.1, 0.15) is 16.1 Å². The molecule has 0 aliphatic carbocycles. The number of furan rings is 1. The molecule has 3 rings (SSSR count). The van der Waals surface area contributed by atoms with Crippen LogP contribution in [0.25, 0.3) is 11.3 Å². The molecule has 0 aliphatic rings. The Bertz CT molecular complexity index is 963. The monoisotopic (exact) mass is 369 g/mol. The van der Waals surface area contributed by atoms with Crippen molar-refractivity contribution in [2.24, 2.45) is 5.10 Å². The quantitative estimate of drug-likeness (QED) is 0.412. The van der Waals surface area contributed by atoms with E-state index >= 15 is 0 Å². The molecule has 7 nitrogen and oxygen atoms in total. The normalized spacial score (nSPS) is 10.8. The molecule has 8 heteroatoms. The van der Waals surface area contributed by atoms with Gasteiger partial charge in [-0.05, 0) is 48.5 Å². The first kappa shape index (κ1) is 17.4. The number of halogens is 1. The van der Waals surface area contributed by atoms with Gasteiger partial charge in [-0.1, -0.05) is 11.6 Å². The van der Waals surface area contributed by atoms with Crippen molar-refractivity contribution in [3.63, 3.8) is 0 Å². The molecular formula is C18H12ClN3O4. The Balaban J connectivity index is 1.64. The molecule has 0 spiro atoms. The maximum absolute atomic E-state index is 11.9. The lowest BCUT2D eigenvalue weighted by Gasteiger charge is -1.99. The molecule has 0 radical (unpaired) electrons. The van der Waals surface area contributed by atoms with Crippen molar-refractivity contribution in [3.05, 3.63) is 87.1 Å². The molecule has 26 heavy (non-hydrogen) atoms. The fraction of sp³-hybridized carbons (Fsp3) is 0. The maximum Gasteiger partial charge on any atom is 0.271 e. The van der Waals surface area contributed by atoms with Crippen molar-refractivity contribution in [1.29, 1.82) is 0 Å². The van der Waals surface area contributed by atoms with E-state index in [4.69, 9.17) is 16.0 Å². The van der Waals surface area contributed by atoms with E-state index in [0.29, 0.717) is 27.7 Å². The van der Waals surface area contributed by atoms with Gasteiger partial charge in [0.2, 0.25) is 0 Å². The lowest BCUT2D eigenvalue weighted by atomic mass is 10.1. The third-order valence-corrected chi connectivity index (χ3v) is 3.71. The second-order valence-electron chi connectivity index (χ2n) is 5.21. The van der Waals surface area contributed by atoms with Crippen molar-refractivity contribution < 1.29 is 14.1 Å². The topological polar surface area (TPSA) is 97.7 Å². The largest absolute Gasteiger partial charge is 0.455 e. The Hall–Kier alpha value is -3.45. The van der Waals surface area contributed by atoms with Gasteiger partial charge in [-0.15, -0.1) is 0 Å². The summed E-state index contributed by atoms with van der Waals surface area (Å²) < 4.78 is 5.59. The molecule has 1 heterocycles. The summed E-state index contributed by atoms with van der Waals surface area (Å²) in [5, 5.41) is 15.1. The summed E-state index contributed by atoms with van der Waals surface area (Å²) in [7, 11) is 0. The zero-order valence-electron chi connectivity index (χ0n) is 13.3. The Kier molecular flexibility index (Phi) is 5.09. The number of carbonyl (C=O) groups is 1. The molecule has 0 saturated carbocycles. The minimum Gasteiger partial charge on any atom is -0.455 e. The summed E-state index contributed by atoms with van der Waals surface area (Å²) in [6.45, 7) is 0. The van der Waals surface area contributed by atoms with Gasteiger partial charge in [-0.3, -0.25) is 14.9 Å². The summed E-state index contributed by atoms with van der Waals surface area (Å²) >= 11 is 5.77. The van der Waals surface area contributed by atoms with Crippen LogP contribution in [0.4, 0.5) is 5.69 Å². The highest BCUT2D eigenvalue weighted by molar-refractivity contribution is 6.30. The first-order valence-electron chi connectivity index (χ1n) is 7.46. The molecular weight excluding hydrogens is 358 g/mol. The molecule has 130 valence electrons. The number of hydrazone groups is 1. The first-order valence-corrected chi connectivity index (χ1v) is 7.84. The van der Waals surface area contributed by atoms with Gasteiger partial charge in [0, 0.05) is 28.3 Å². The molecule has 0 bridgehead atoms. The lowest BCUT2D eigenvalue weighted by Crippen LogP contribution is -2.17. The van der Waals surface area contributed by atoms with E-state index < -0.39 is 4.92 Å². The van der Waals surface area contributed by atoms with E-state index in [1.807, 2.05) is 0 Å². The van der Waals surface area contributed by atoms with Crippen LogP contribution in [0.3, 0.4) is 0 Å². The predicted molar refractivity (Wildman–Crippen MR) is 97.3 cm³/mol. The van der Waals surface area contributed by atoms with Crippen LogP contribution in [-0.2, 0) is 0 Å². The minimum atomic E-state index is -0.465. The maximum atomic E-state index is 11.9. The number of nitrogens with zero attached hydrogens (tertiary/aromatic N) is 2. The van der Waals surface area contributed by atoms with Gasteiger partial charge in [0.1, 0.15) is 11.5 Å². The van der Waals surface area contributed by atoms with Crippen molar-refractivity contribution in [2.75, 3.05) is 0 Å². The standard InChI is InChI=1S/C18H12ClN3O4/c19-14-5-1-13(2-6-14)18(23)21-20-11-16-9-10-17(26-16)12-3-7-15(8-4-12)22(24)25/h1-11H,(H,21,23). The molecule has 0 aliphatic heterocycles. The van der Waals surface area contributed by atoms with Crippen molar-refractivity contribution >= 4 is 29.4 Å². The molecule has 0 fully saturated rings. The highest BCUT2D eigenvalue weighted by Gasteiger charge is 2.08. The number of hydrogen-bond donors (Lipinski definition) is 1. The fourth-order valence-electron chi connectivity index (χ4n) is 2.15. The summed E-state index contributed by atoms with van der Waals surface area (Å²) in [5.74, 6) is 0.584. The van der Waals surface area contributed by atoms with Crippen LogP contribution in [0.2, 0.25) is 5.02 Å². The van der Waals surface area contributed by atoms with Gasteiger partial charge in [0.15, 0.2) is 0 Å². The van der Waals surface area contributed by atoms with Gasteiger partial charge in [-0.25, -0.2) is 5.43 Å². The van der Waals surface area contributed by atoms with Crippen LogP contribution in [0.15, 0.2) is 70.2 Å². The van der Waals surface area contributed by atoms with Crippen molar-refractivity contribution in [2.45, 2.75) is 0 Å². The van der Waals surface area contributed by atoms with E-state index in [9.17, 15) is 14.9 Å². The van der Waals surface area contributed by atoms with Gasteiger partial charge >= 0.3 is 0 Å². The zero-order valence-corrected chi connectivity index (χ0v) is 14.0. The predicted octanol–water partition coefficient (Wildman–Crippen LogP) is 4.27. The Labute approximate surface area is 153 Å². The van der Waals surface area contributed by atoms with Gasteiger partial charge in [0.05, 0.1) is 11.1 Å². The first-order chi connectivity index (χ1) is 12.5. The van der Waals surface area contributed by atoms with E-state index in [1.54, 1.807) is 48.5 Å². The van der Waals surface area contributed by atoms with Gasteiger partial charge < -0.3 is 4.42 Å². The van der Waals surface area contributed by atoms with Crippen LogP contribution in [0, 0.1) is 10.1 Å². The van der Waals surface area contributed by atoms with Crippen molar-refractivity contribution in [3.8, 4) is 11.3 Å². The van der Waals surface area contributed by atoms with Crippen LogP contribution in [-0.4, -0.2) is 17.0 Å². The van der Waals surface area contributed by atoms with E-state index in [-0.39, 0.29) is 11.6 Å². The number of nitro benzene ring substituents is 1. The number of amides is 1. The molecule has 1 N–H and O–H groups in total. The number of nitrogens with one attached hydrogen (secondary N) is 1. The number of benzene rings is 2. The van der Waals surface area contributed by atoms with E-state index in [2.05, 4.69) is 10.5 Å². The average Bonchev–Trinajstić information content (AvgIpc) is 3.11. The number of rotatable bonds is 5. The molecule has 1 aromatic heterocycles. The summed E-state index contributed by atoms with van der Waals surface area (Å²) in [5.41, 5.74) is 3.52. The Morgan fingerprint density at radius 2 is 1.77 bits per heavy atom. The fourth-order valence-corrected chi connectivity index (χ4v) is 2.27. The smallest absolute Gasteiger partial charge is 0.271 e. The third-order valence-electron chi connectivity index (χ3n) is 3.45. The molecule has 2 aromatic carbocycles. The second-order valence-corrected chi connectivity index (χ2v) is 5.65. The van der Waals surface area contributed by atoms with Crippen molar-refractivity contribution in [1.82, 2.24) is 5.43 Å². The van der Waals surface area contributed by atoms with Crippen LogP contribution >= 0.6 is 11.6 Å². The summed E-state index contributed by atoms with van der Waals surface area (Å²) in [6.07, 6.45) is 1.36. The lowest BCUT2D eigenvalue weighted by molar-refractivity contribution is -0.384. The van der Waals surface area contributed by atoms with Gasteiger partial charge in [0.25, 0.3) is 11.6 Å². The number of nitro groups is 1. The molecule has 1 amide bonds. The second kappa shape index (κ2) is 7.62. The van der Waals surface area contributed by atoms with Gasteiger partial charge in [-0.2, -0.15) is 5.10 Å². The SMILES string of the molecule is O=C(NN=Cc1ccc(-c2ccc([N+](=O)[O-])cc2)o1)c1ccc(Cl)cc1. The molecule has 0 unspecified atom stereocenters. The Morgan fingerprint density at radius 3 is 2.42 bits per heavy atom. The summed E-state index contributed by atoms with van der Waals surface area (Å²) in [4.78, 5) is 22.1. The average molecular weight is 370 g/mol. The van der Waals surface area contributed by atoms with E-state index in [0.717, 1.165) is 0 Å². The third kappa shape index (κ3) is 4.14. The molecule has 0 atom stereocenters. The van der Waals surface area contributed by atoms with Crippen LogP contribution < -0.4 is 5.43 Å². The summed E-state index contributed by atoms with van der Waals surface area (Å²) in [6, 6.07) is 15.8. The minimum absolute atomic E-state index is 0.00649. The number of carbonyl (C=O) groups excluding carboxylic acids is 1. The Morgan fingerprint density at radius 1 is 1.08 bits per heavy atom. The number of hydrogen-bond acceptors (Lipinski definition) is 5. The highest BCUT2D eigenvalue weighted by atomic mass is 35.5. The molecule has 0 saturated heterocycles. The highest BCUT2D eigenvalue weighted by Crippen LogP contribution is 2.24. The number of non-ortho nitro benzene ring substituents is 1. The van der Waals surface area contributed by atoms with Crippen LogP contribution in [0.5, 0.6) is 0 Å².